The first-order valence-corrected chi connectivity index (χ1v) is 14.0. The molecule has 0 radical (unpaired) electrons. The number of nitrogens with one attached hydrogen (secondary N) is 1. The molecule has 36 heavy (non-hydrogen) atoms. The molecule has 0 atom stereocenters. The highest BCUT2D eigenvalue weighted by Crippen LogP contribution is 2.46. The lowest BCUT2D eigenvalue weighted by molar-refractivity contribution is 0.0995. The fraction of sp³-hybridized carbons (Fsp3) is 0.333. The number of hydrogen-bond donors (Lipinski definition) is 1. The van der Waals surface area contributed by atoms with E-state index in [1.54, 1.807) is 6.07 Å². The molecule has 0 saturated heterocycles. The van der Waals surface area contributed by atoms with Gasteiger partial charge in [-0.05, 0) is 77.1 Å². The minimum absolute atomic E-state index is 0.157. The maximum Gasteiger partial charge on any atom is 0.293 e. The Morgan fingerprint density at radius 1 is 1.03 bits per heavy atom. The quantitative estimate of drug-likeness (QED) is 0.264. The van der Waals surface area contributed by atoms with Gasteiger partial charge in [-0.25, -0.2) is 4.98 Å². The summed E-state index contributed by atoms with van der Waals surface area (Å²) in [6, 6.07) is 16.3. The van der Waals surface area contributed by atoms with Gasteiger partial charge >= 0.3 is 0 Å². The predicted octanol–water partition coefficient (Wildman–Crippen LogP) is 8.67. The average molecular weight is 564 g/mol. The van der Waals surface area contributed by atoms with E-state index in [2.05, 4.69) is 73.0 Å². The Balaban J connectivity index is 1.32. The molecule has 4 aromatic rings. The lowest BCUT2D eigenvalue weighted by atomic mass is 9.62. The van der Waals surface area contributed by atoms with Crippen LogP contribution in [0.5, 0.6) is 0 Å². The molecule has 5 rings (SSSR count). The zero-order valence-corrected chi connectivity index (χ0v) is 23.8. The maximum absolute atomic E-state index is 12.8. The number of carbonyl (C=O) groups excluding carboxylic acids is 1. The van der Waals surface area contributed by atoms with Crippen LogP contribution in [0.4, 0.5) is 5.13 Å². The van der Waals surface area contributed by atoms with E-state index in [-0.39, 0.29) is 16.7 Å². The van der Waals surface area contributed by atoms with E-state index in [1.807, 2.05) is 35.7 Å². The number of furan rings is 1. The number of rotatable bonds is 5. The van der Waals surface area contributed by atoms with Crippen molar-refractivity contribution in [2.24, 2.45) is 0 Å². The molecule has 6 heteroatoms. The highest BCUT2D eigenvalue weighted by molar-refractivity contribution is 9.10. The van der Waals surface area contributed by atoms with Crippen molar-refractivity contribution in [2.75, 3.05) is 5.32 Å². The topological polar surface area (TPSA) is 55.1 Å². The first-order chi connectivity index (χ1) is 17.0. The molecule has 1 N–H and O–H groups in total. The number of thiazole rings is 1. The van der Waals surface area contributed by atoms with E-state index in [9.17, 15) is 4.79 Å². The first-order valence-electron chi connectivity index (χ1n) is 12.3. The largest absolute Gasteiger partial charge is 0.456 e. The molecule has 1 aliphatic carbocycles. The molecule has 0 saturated carbocycles. The van der Waals surface area contributed by atoms with E-state index in [1.165, 1.54) is 46.4 Å². The van der Waals surface area contributed by atoms with E-state index >= 15 is 0 Å². The molecule has 2 aromatic carbocycles. The zero-order chi connectivity index (χ0) is 25.7. The van der Waals surface area contributed by atoms with Crippen LogP contribution in [0.3, 0.4) is 0 Å². The summed E-state index contributed by atoms with van der Waals surface area (Å²) in [6.45, 7) is 11.6. The molecule has 1 amide bonds. The second-order valence-corrected chi connectivity index (χ2v) is 12.8. The number of amides is 1. The van der Waals surface area contributed by atoms with Gasteiger partial charge in [0.15, 0.2) is 10.9 Å². The highest BCUT2D eigenvalue weighted by Gasteiger charge is 2.37. The van der Waals surface area contributed by atoms with Gasteiger partial charge < -0.3 is 4.42 Å². The van der Waals surface area contributed by atoms with Crippen molar-refractivity contribution in [3.8, 4) is 11.3 Å². The van der Waals surface area contributed by atoms with E-state index in [4.69, 9.17) is 4.42 Å². The van der Waals surface area contributed by atoms with Crippen LogP contribution in [0.1, 0.15) is 79.1 Å². The van der Waals surface area contributed by atoms with Crippen molar-refractivity contribution in [3.63, 3.8) is 0 Å². The molecule has 4 nitrogen and oxygen atoms in total. The minimum atomic E-state index is -0.289. The van der Waals surface area contributed by atoms with Crippen molar-refractivity contribution >= 4 is 38.3 Å². The molecule has 0 unspecified atom stereocenters. The van der Waals surface area contributed by atoms with Gasteiger partial charge in [-0.15, -0.1) is 11.3 Å². The van der Waals surface area contributed by atoms with Gasteiger partial charge in [0.05, 0.1) is 5.69 Å². The Labute approximate surface area is 225 Å². The third-order valence-corrected chi connectivity index (χ3v) is 8.71. The maximum atomic E-state index is 12.8. The van der Waals surface area contributed by atoms with Gasteiger partial charge in [0.1, 0.15) is 5.76 Å². The number of hydrogen-bond acceptors (Lipinski definition) is 4. The second kappa shape index (κ2) is 9.31. The molecule has 2 aromatic heterocycles. The number of anilines is 1. The van der Waals surface area contributed by atoms with Gasteiger partial charge in [0.25, 0.3) is 5.91 Å². The normalized spacial score (nSPS) is 15.9. The van der Waals surface area contributed by atoms with Crippen LogP contribution in [-0.4, -0.2) is 10.9 Å². The number of fused-ring (bicyclic) bond motifs is 1. The van der Waals surface area contributed by atoms with Crippen LogP contribution >= 0.6 is 27.3 Å². The van der Waals surface area contributed by atoms with Crippen LogP contribution in [0, 0.1) is 6.92 Å². The molecular weight excluding hydrogens is 532 g/mol. The Kier molecular flexibility index (Phi) is 6.46. The lowest BCUT2D eigenvalue weighted by Crippen LogP contribution is -2.34. The van der Waals surface area contributed by atoms with Gasteiger partial charge in [0, 0.05) is 21.8 Å². The monoisotopic (exact) mass is 562 g/mol. The van der Waals surface area contributed by atoms with Crippen molar-refractivity contribution in [2.45, 2.75) is 64.7 Å². The molecule has 0 aliphatic heterocycles. The number of aromatic nitrogens is 1. The Morgan fingerprint density at radius 3 is 2.39 bits per heavy atom. The number of halogens is 1. The second-order valence-electron chi connectivity index (χ2n) is 11.0. The van der Waals surface area contributed by atoms with Gasteiger partial charge in [-0.2, -0.15) is 0 Å². The fourth-order valence-electron chi connectivity index (χ4n) is 4.98. The summed E-state index contributed by atoms with van der Waals surface area (Å²) < 4.78 is 6.99. The molecule has 0 spiro atoms. The standard InChI is InChI=1S/C30H31BrN2O2S/c1-18-14-23-24(30(4,5)13-12-29(23,2)3)16-20(18)15-22-10-11-26(35-22)27(34)33-28-32-25(17-36-28)19-6-8-21(31)9-7-19/h6-11,14,16-17H,12-13,15H2,1-5H3,(H,32,33,34). The third kappa shape index (κ3) is 4.94. The SMILES string of the molecule is Cc1cc2c(cc1Cc1ccc(C(=O)Nc3nc(-c4ccc(Br)cc4)cs3)o1)C(C)(C)CCC2(C)C. The summed E-state index contributed by atoms with van der Waals surface area (Å²) in [5.41, 5.74) is 7.60. The number of nitrogens with zero attached hydrogens (tertiary/aromatic N) is 1. The summed E-state index contributed by atoms with van der Waals surface area (Å²) in [5, 5.41) is 5.36. The summed E-state index contributed by atoms with van der Waals surface area (Å²) in [4.78, 5) is 17.4. The fourth-order valence-corrected chi connectivity index (χ4v) is 5.96. The van der Waals surface area contributed by atoms with E-state index in [0.717, 1.165) is 21.5 Å². The number of carbonyl (C=O) groups is 1. The summed E-state index contributed by atoms with van der Waals surface area (Å²) >= 11 is 4.85. The van der Waals surface area contributed by atoms with E-state index in [0.29, 0.717) is 17.3 Å². The summed E-state index contributed by atoms with van der Waals surface area (Å²) in [6.07, 6.45) is 3.04. The Bertz CT molecular complexity index is 1430. The molecule has 186 valence electrons. The van der Waals surface area contributed by atoms with Crippen molar-refractivity contribution in [1.29, 1.82) is 0 Å². The smallest absolute Gasteiger partial charge is 0.293 e. The van der Waals surface area contributed by atoms with Gasteiger partial charge in [-0.3, -0.25) is 10.1 Å². The molecule has 1 aliphatic rings. The molecule has 2 heterocycles. The van der Waals surface area contributed by atoms with Crippen molar-refractivity contribution < 1.29 is 9.21 Å². The zero-order valence-electron chi connectivity index (χ0n) is 21.4. The summed E-state index contributed by atoms with van der Waals surface area (Å²) in [7, 11) is 0. The van der Waals surface area contributed by atoms with Crippen LogP contribution in [0.2, 0.25) is 0 Å². The van der Waals surface area contributed by atoms with Gasteiger partial charge in [0.2, 0.25) is 0 Å². The predicted molar refractivity (Wildman–Crippen MR) is 151 cm³/mol. The van der Waals surface area contributed by atoms with Crippen LogP contribution in [-0.2, 0) is 17.3 Å². The Hall–Kier alpha value is -2.70. The van der Waals surface area contributed by atoms with Crippen LogP contribution < -0.4 is 5.32 Å². The Morgan fingerprint density at radius 2 is 1.69 bits per heavy atom. The number of aryl methyl sites for hydroxylation is 1. The van der Waals surface area contributed by atoms with Crippen molar-refractivity contribution in [3.05, 3.63) is 92.2 Å². The molecular formula is C30H31BrN2O2S. The van der Waals surface area contributed by atoms with Crippen LogP contribution in [0.15, 0.2) is 62.8 Å². The first kappa shape index (κ1) is 25.0. The van der Waals surface area contributed by atoms with Gasteiger partial charge in [-0.1, -0.05) is 67.9 Å². The molecule has 0 fully saturated rings. The average Bonchev–Trinajstić information content (AvgIpc) is 3.48. The lowest BCUT2D eigenvalue weighted by Gasteiger charge is -2.42. The number of benzene rings is 2. The van der Waals surface area contributed by atoms with E-state index < -0.39 is 0 Å². The van der Waals surface area contributed by atoms with Crippen LogP contribution in [0.25, 0.3) is 11.3 Å². The molecule has 0 bridgehead atoms. The minimum Gasteiger partial charge on any atom is -0.456 e. The summed E-state index contributed by atoms with van der Waals surface area (Å²) in [5.74, 6) is 0.788. The highest BCUT2D eigenvalue weighted by atomic mass is 79.9. The third-order valence-electron chi connectivity index (χ3n) is 7.42. The van der Waals surface area contributed by atoms with Crippen molar-refractivity contribution in [1.82, 2.24) is 4.98 Å².